The molecule has 10 nitrogen and oxygen atoms in total. The number of nitrogens with two attached hydrogens (primary N) is 1. The quantitative estimate of drug-likeness (QED) is 0.309. The highest BCUT2D eigenvalue weighted by molar-refractivity contribution is 6.09. The van der Waals surface area contributed by atoms with Gasteiger partial charge in [0.1, 0.15) is 0 Å². The Kier molecular flexibility index (Phi) is 7.60. The third kappa shape index (κ3) is 5.21. The van der Waals surface area contributed by atoms with Gasteiger partial charge in [0, 0.05) is 68.3 Å². The normalized spacial score (nSPS) is 13.1. The third-order valence-corrected chi connectivity index (χ3v) is 6.51. The van der Waals surface area contributed by atoms with Crippen molar-refractivity contribution in [2.24, 2.45) is 17.8 Å². The summed E-state index contributed by atoms with van der Waals surface area (Å²) < 4.78 is 8.91. The van der Waals surface area contributed by atoms with Gasteiger partial charge in [0.25, 0.3) is 0 Å². The fourth-order valence-electron chi connectivity index (χ4n) is 4.63. The summed E-state index contributed by atoms with van der Waals surface area (Å²) >= 11 is 0. The van der Waals surface area contributed by atoms with Crippen LogP contribution >= 0.6 is 0 Å². The van der Waals surface area contributed by atoms with Gasteiger partial charge in [-0.1, -0.05) is 31.2 Å². The molecule has 0 saturated heterocycles. The number of allylic oxidation sites excluding steroid dienone is 1. The number of methoxy groups -OCH3 is 1. The molecule has 3 aromatic heterocycles. The molecule has 4 aromatic rings. The maximum absolute atomic E-state index is 5.88. The monoisotopic (exact) mass is 511 g/mol. The lowest BCUT2D eigenvalue weighted by molar-refractivity contribution is 0.183. The number of hydrogen-bond donors (Lipinski definition) is 2. The molecular weight excluding hydrogens is 478 g/mol. The number of aromatic nitrogens is 6. The zero-order chi connectivity index (χ0) is 26.5. The largest absolute Gasteiger partial charge is 0.404 e. The van der Waals surface area contributed by atoms with Crippen molar-refractivity contribution in [3.8, 4) is 22.5 Å². The molecule has 1 aliphatic rings. The molecule has 1 aliphatic carbocycles. The van der Waals surface area contributed by atoms with Gasteiger partial charge in [-0.25, -0.2) is 9.97 Å². The van der Waals surface area contributed by atoms with Gasteiger partial charge in [-0.2, -0.15) is 10.2 Å². The second-order valence-corrected chi connectivity index (χ2v) is 9.18. The van der Waals surface area contributed by atoms with E-state index in [0.29, 0.717) is 24.9 Å². The van der Waals surface area contributed by atoms with Gasteiger partial charge in [-0.3, -0.25) is 14.4 Å². The first-order valence-corrected chi connectivity index (χ1v) is 12.8. The van der Waals surface area contributed by atoms with Crippen LogP contribution in [-0.4, -0.2) is 56.0 Å². The van der Waals surface area contributed by atoms with E-state index in [1.165, 1.54) is 0 Å². The maximum atomic E-state index is 5.88. The minimum atomic E-state index is 0.503. The lowest BCUT2D eigenvalue weighted by Gasteiger charge is -2.17. The predicted molar refractivity (Wildman–Crippen MR) is 150 cm³/mol. The van der Waals surface area contributed by atoms with E-state index in [9.17, 15) is 0 Å². The summed E-state index contributed by atoms with van der Waals surface area (Å²) in [5, 5.41) is 12.6. The van der Waals surface area contributed by atoms with Crippen LogP contribution in [-0.2, 0) is 31.2 Å². The molecule has 0 amide bonds. The lowest BCUT2D eigenvalue weighted by Crippen LogP contribution is -2.09. The zero-order valence-electron chi connectivity index (χ0n) is 22.1. The summed E-state index contributed by atoms with van der Waals surface area (Å²) in [5.41, 5.74) is 14.0. The van der Waals surface area contributed by atoms with Crippen LogP contribution < -0.4 is 11.1 Å². The number of rotatable bonds is 10. The van der Waals surface area contributed by atoms with Gasteiger partial charge in [0.15, 0.2) is 5.82 Å². The summed E-state index contributed by atoms with van der Waals surface area (Å²) in [7, 11) is 3.66. The first kappa shape index (κ1) is 25.3. The van der Waals surface area contributed by atoms with Crippen LogP contribution in [0.1, 0.15) is 30.2 Å². The standard InChI is InChI=1S/C28H33N9O/c1-4-12-30-17-22(16-29)19-5-7-20(8-6-19)27-25-23(34-36(27)2)10-9-21-18-31-28(33-26(21)25)32-24-11-13-37(35-24)14-15-38-3/h5-8,11,13,16-18H,4,9-10,12,14-15,29H2,1-3H3,(H,31,32,33,35)/b22-16+,30-17?. The molecule has 0 radical (unpaired) electrons. The first-order valence-electron chi connectivity index (χ1n) is 12.8. The highest BCUT2D eigenvalue weighted by atomic mass is 16.5. The van der Waals surface area contributed by atoms with Crippen molar-refractivity contribution in [1.82, 2.24) is 29.5 Å². The van der Waals surface area contributed by atoms with E-state index in [-0.39, 0.29) is 0 Å². The number of nitrogens with zero attached hydrogens (tertiary/aromatic N) is 7. The molecule has 3 heterocycles. The van der Waals surface area contributed by atoms with Gasteiger partial charge >= 0.3 is 0 Å². The number of ether oxygens (including phenoxy) is 1. The second-order valence-electron chi connectivity index (χ2n) is 9.18. The fourth-order valence-corrected chi connectivity index (χ4v) is 4.63. The van der Waals surface area contributed by atoms with E-state index >= 15 is 0 Å². The number of benzene rings is 1. The Labute approximate surface area is 222 Å². The van der Waals surface area contributed by atoms with E-state index in [1.807, 2.05) is 41.1 Å². The van der Waals surface area contributed by atoms with Crippen molar-refractivity contribution in [3.63, 3.8) is 0 Å². The average Bonchev–Trinajstić information content (AvgIpc) is 3.53. The number of fused-ring (bicyclic) bond motifs is 3. The van der Waals surface area contributed by atoms with Crippen molar-refractivity contribution in [1.29, 1.82) is 0 Å². The zero-order valence-corrected chi connectivity index (χ0v) is 22.1. The number of aliphatic imine (C=N–C) groups is 1. The van der Waals surface area contributed by atoms with E-state index in [4.69, 9.17) is 20.6 Å². The SMILES string of the molecule is CCCN=C/C(=C\N)c1ccc(-c2c3c(nn2C)CCc2cnc(Nc4ccn(CCOC)n4)nc2-3)cc1. The maximum Gasteiger partial charge on any atom is 0.228 e. The van der Waals surface area contributed by atoms with Crippen molar-refractivity contribution in [2.75, 3.05) is 25.6 Å². The van der Waals surface area contributed by atoms with Crippen molar-refractivity contribution in [3.05, 3.63) is 65.7 Å². The topological polar surface area (TPSA) is 121 Å². The fraction of sp³-hybridized carbons (Fsp3) is 0.321. The Balaban J connectivity index is 1.46. The highest BCUT2D eigenvalue weighted by Crippen LogP contribution is 2.39. The molecule has 196 valence electrons. The Bertz CT molecular complexity index is 1460. The molecule has 3 N–H and O–H groups in total. The smallest absolute Gasteiger partial charge is 0.228 e. The molecule has 0 spiro atoms. The van der Waals surface area contributed by atoms with Crippen molar-refractivity contribution >= 4 is 23.6 Å². The van der Waals surface area contributed by atoms with Crippen LogP contribution in [0.25, 0.3) is 28.1 Å². The van der Waals surface area contributed by atoms with Crippen LogP contribution in [0.15, 0.2) is 53.9 Å². The highest BCUT2D eigenvalue weighted by Gasteiger charge is 2.27. The summed E-state index contributed by atoms with van der Waals surface area (Å²) in [4.78, 5) is 13.9. The number of hydrogen-bond acceptors (Lipinski definition) is 8. The molecule has 0 aliphatic heterocycles. The average molecular weight is 512 g/mol. The molecule has 0 atom stereocenters. The number of nitrogens with one attached hydrogen (secondary N) is 1. The van der Waals surface area contributed by atoms with Gasteiger partial charge in [0.05, 0.1) is 30.2 Å². The number of anilines is 2. The van der Waals surface area contributed by atoms with Gasteiger partial charge in [-0.05, 0) is 30.4 Å². The van der Waals surface area contributed by atoms with Crippen LogP contribution in [0, 0.1) is 0 Å². The first-order chi connectivity index (χ1) is 18.6. The Morgan fingerprint density at radius 1 is 1.18 bits per heavy atom. The summed E-state index contributed by atoms with van der Waals surface area (Å²) in [5.74, 6) is 1.19. The van der Waals surface area contributed by atoms with Crippen LogP contribution in [0.5, 0.6) is 0 Å². The van der Waals surface area contributed by atoms with Crippen molar-refractivity contribution < 1.29 is 4.74 Å². The molecule has 5 rings (SSSR count). The minimum Gasteiger partial charge on any atom is -0.404 e. The van der Waals surface area contributed by atoms with Gasteiger partial charge in [0.2, 0.25) is 5.95 Å². The van der Waals surface area contributed by atoms with Gasteiger partial charge < -0.3 is 15.8 Å². The third-order valence-electron chi connectivity index (χ3n) is 6.51. The van der Waals surface area contributed by atoms with E-state index in [0.717, 1.165) is 70.7 Å². The van der Waals surface area contributed by atoms with Crippen molar-refractivity contribution in [2.45, 2.75) is 32.7 Å². The second kappa shape index (κ2) is 11.4. The molecule has 38 heavy (non-hydrogen) atoms. The van der Waals surface area contributed by atoms with E-state index < -0.39 is 0 Å². The predicted octanol–water partition coefficient (Wildman–Crippen LogP) is 4.01. The Morgan fingerprint density at radius 3 is 2.79 bits per heavy atom. The Hall–Kier alpha value is -4.31. The summed E-state index contributed by atoms with van der Waals surface area (Å²) in [6, 6.07) is 10.2. The Morgan fingerprint density at radius 2 is 2.03 bits per heavy atom. The molecule has 0 saturated carbocycles. The van der Waals surface area contributed by atoms with Crippen LogP contribution in [0.4, 0.5) is 11.8 Å². The molecule has 0 fully saturated rings. The molecule has 0 unspecified atom stereocenters. The van der Waals surface area contributed by atoms with E-state index in [2.05, 4.69) is 51.6 Å². The van der Waals surface area contributed by atoms with Crippen LogP contribution in [0.2, 0.25) is 0 Å². The lowest BCUT2D eigenvalue weighted by atomic mass is 9.91. The summed E-state index contributed by atoms with van der Waals surface area (Å²) in [6.07, 6.45) is 9.95. The van der Waals surface area contributed by atoms with Crippen LogP contribution in [0.3, 0.4) is 0 Å². The molecular formula is C28H33N9O. The molecule has 10 heteroatoms. The summed E-state index contributed by atoms with van der Waals surface area (Å²) in [6.45, 7) is 4.16. The molecule has 0 bridgehead atoms. The van der Waals surface area contributed by atoms with E-state index in [1.54, 1.807) is 13.3 Å². The number of aryl methyl sites for hydroxylation is 3. The van der Waals surface area contributed by atoms with Gasteiger partial charge in [-0.15, -0.1) is 0 Å². The minimum absolute atomic E-state index is 0.503. The molecule has 1 aromatic carbocycles.